The fourth-order valence-corrected chi connectivity index (χ4v) is 1.44. The number of anilines is 1. The molecular formula is C13H18F2N2O. The summed E-state index contributed by atoms with van der Waals surface area (Å²) in [5.74, 6) is -2.09. The summed E-state index contributed by atoms with van der Waals surface area (Å²) in [6, 6.07) is 3.69. The molecule has 2 N–H and O–H groups in total. The van der Waals surface area contributed by atoms with Crippen LogP contribution in [0.1, 0.15) is 26.7 Å². The summed E-state index contributed by atoms with van der Waals surface area (Å²) in [5.41, 5.74) is 0.274. The minimum Gasteiger partial charge on any atom is -0.326 e. The van der Waals surface area contributed by atoms with Gasteiger partial charge in [0.25, 0.3) is 0 Å². The van der Waals surface area contributed by atoms with Crippen molar-refractivity contribution in [2.24, 2.45) is 0 Å². The van der Waals surface area contributed by atoms with E-state index in [1.807, 2.05) is 13.8 Å². The molecular weight excluding hydrogens is 238 g/mol. The lowest BCUT2D eigenvalue weighted by molar-refractivity contribution is -0.116. The van der Waals surface area contributed by atoms with Crippen molar-refractivity contribution in [3.8, 4) is 0 Å². The molecule has 1 aromatic rings. The molecule has 1 rings (SSSR count). The highest BCUT2D eigenvalue weighted by Crippen LogP contribution is 2.13. The summed E-state index contributed by atoms with van der Waals surface area (Å²) >= 11 is 0. The number of benzene rings is 1. The maximum atomic E-state index is 12.9. The van der Waals surface area contributed by atoms with Gasteiger partial charge in [0.2, 0.25) is 5.91 Å². The largest absolute Gasteiger partial charge is 0.326 e. The van der Waals surface area contributed by atoms with Crippen LogP contribution in [-0.2, 0) is 4.79 Å². The van der Waals surface area contributed by atoms with Crippen LogP contribution in [-0.4, -0.2) is 18.5 Å². The Balaban J connectivity index is 2.33. The Kier molecular flexibility index (Phi) is 5.71. The van der Waals surface area contributed by atoms with Gasteiger partial charge in [-0.2, -0.15) is 0 Å². The maximum Gasteiger partial charge on any atom is 0.224 e. The molecule has 0 aromatic heterocycles. The first kappa shape index (κ1) is 14.6. The Hall–Kier alpha value is -1.49. The lowest BCUT2D eigenvalue weighted by Crippen LogP contribution is -2.24. The Bertz CT molecular complexity index is 408. The Labute approximate surface area is 106 Å². The van der Waals surface area contributed by atoms with E-state index in [1.54, 1.807) is 0 Å². The molecule has 3 nitrogen and oxygen atoms in total. The number of carbonyl (C=O) groups is 1. The quantitative estimate of drug-likeness (QED) is 0.768. The van der Waals surface area contributed by atoms with E-state index in [9.17, 15) is 13.6 Å². The van der Waals surface area contributed by atoms with Crippen molar-refractivity contribution in [2.45, 2.75) is 32.7 Å². The zero-order valence-corrected chi connectivity index (χ0v) is 10.6. The number of halogens is 2. The van der Waals surface area contributed by atoms with Crippen LogP contribution in [0.15, 0.2) is 18.2 Å². The Morgan fingerprint density at radius 1 is 1.28 bits per heavy atom. The van der Waals surface area contributed by atoms with Gasteiger partial charge in [0.05, 0.1) is 0 Å². The highest BCUT2D eigenvalue weighted by molar-refractivity contribution is 5.90. The van der Waals surface area contributed by atoms with Crippen LogP contribution in [0.4, 0.5) is 14.5 Å². The minimum atomic E-state index is -0.964. The summed E-state index contributed by atoms with van der Waals surface area (Å²) < 4.78 is 25.6. The minimum absolute atomic E-state index is 0.202. The molecule has 1 amide bonds. The van der Waals surface area contributed by atoms with E-state index in [0.29, 0.717) is 18.9 Å². The number of hydrogen-bond donors (Lipinski definition) is 2. The molecule has 0 unspecified atom stereocenters. The first-order valence-electron chi connectivity index (χ1n) is 5.97. The van der Waals surface area contributed by atoms with E-state index in [-0.39, 0.29) is 11.6 Å². The SMILES string of the molecule is CC(C)NCCCC(=O)Nc1ccc(F)c(F)c1. The molecule has 0 bridgehead atoms. The predicted octanol–water partition coefficient (Wildman–Crippen LogP) is 2.68. The normalized spacial score (nSPS) is 10.7. The monoisotopic (exact) mass is 256 g/mol. The Morgan fingerprint density at radius 2 is 2.00 bits per heavy atom. The number of rotatable bonds is 6. The van der Waals surface area contributed by atoms with Gasteiger partial charge in [-0.3, -0.25) is 4.79 Å². The number of nitrogens with one attached hydrogen (secondary N) is 2. The van der Waals surface area contributed by atoms with Crippen LogP contribution in [0.3, 0.4) is 0 Å². The van der Waals surface area contributed by atoms with Gasteiger partial charge in [0, 0.05) is 24.2 Å². The van der Waals surface area contributed by atoms with E-state index < -0.39 is 11.6 Å². The third kappa shape index (κ3) is 5.23. The van der Waals surface area contributed by atoms with Crippen molar-refractivity contribution >= 4 is 11.6 Å². The smallest absolute Gasteiger partial charge is 0.224 e. The van der Waals surface area contributed by atoms with Gasteiger partial charge in [-0.1, -0.05) is 13.8 Å². The molecule has 1 aromatic carbocycles. The van der Waals surface area contributed by atoms with Crippen molar-refractivity contribution in [2.75, 3.05) is 11.9 Å². The second-order valence-electron chi connectivity index (χ2n) is 4.39. The molecule has 0 fully saturated rings. The third-order valence-corrected chi connectivity index (χ3v) is 2.34. The van der Waals surface area contributed by atoms with Gasteiger partial charge in [-0.15, -0.1) is 0 Å². The zero-order chi connectivity index (χ0) is 13.5. The first-order chi connectivity index (χ1) is 8.49. The molecule has 0 spiro atoms. The van der Waals surface area contributed by atoms with Gasteiger partial charge in [-0.25, -0.2) is 8.78 Å². The fraction of sp³-hybridized carbons (Fsp3) is 0.462. The van der Waals surface area contributed by atoms with E-state index in [1.165, 1.54) is 6.07 Å². The number of hydrogen-bond acceptors (Lipinski definition) is 2. The van der Waals surface area contributed by atoms with Crippen LogP contribution in [0, 0.1) is 11.6 Å². The molecule has 0 aliphatic heterocycles. The van der Waals surface area contributed by atoms with E-state index in [2.05, 4.69) is 10.6 Å². The highest BCUT2D eigenvalue weighted by atomic mass is 19.2. The standard InChI is InChI=1S/C13H18F2N2O/c1-9(2)16-7-3-4-13(18)17-10-5-6-11(14)12(15)8-10/h5-6,8-9,16H,3-4,7H2,1-2H3,(H,17,18). The van der Waals surface area contributed by atoms with E-state index in [4.69, 9.17) is 0 Å². The summed E-state index contributed by atoms with van der Waals surface area (Å²) in [7, 11) is 0. The van der Waals surface area contributed by atoms with Gasteiger partial charge < -0.3 is 10.6 Å². The maximum absolute atomic E-state index is 12.9. The van der Waals surface area contributed by atoms with Crippen LogP contribution in [0.25, 0.3) is 0 Å². The summed E-state index contributed by atoms with van der Waals surface area (Å²) in [6.45, 7) is 4.81. The van der Waals surface area contributed by atoms with Crippen LogP contribution in [0.2, 0.25) is 0 Å². The average molecular weight is 256 g/mol. The van der Waals surface area contributed by atoms with Gasteiger partial charge in [0.15, 0.2) is 11.6 Å². The van der Waals surface area contributed by atoms with Gasteiger partial charge in [0.1, 0.15) is 0 Å². The topological polar surface area (TPSA) is 41.1 Å². The molecule has 0 saturated carbocycles. The predicted molar refractivity (Wildman–Crippen MR) is 67.4 cm³/mol. The number of carbonyl (C=O) groups excluding carboxylic acids is 1. The molecule has 0 radical (unpaired) electrons. The third-order valence-electron chi connectivity index (χ3n) is 2.34. The molecule has 0 aliphatic carbocycles. The fourth-order valence-electron chi connectivity index (χ4n) is 1.44. The molecule has 5 heteroatoms. The second kappa shape index (κ2) is 7.06. The van der Waals surface area contributed by atoms with Gasteiger partial charge >= 0.3 is 0 Å². The molecule has 18 heavy (non-hydrogen) atoms. The van der Waals surface area contributed by atoms with Crippen molar-refractivity contribution < 1.29 is 13.6 Å². The molecule has 100 valence electrons. The van der Waals surface area contributed by atoms with Crippen LogP contribution >= 0.6 is 0 Å². The summed E-state index contributed by atoms with van der Waals surface area (Å²) in [4.78, 5) is 11.5. The molecule has 0 atom stereocenters. The molecule has 0 heterocycles. The van der Waals surface area contributed by atoms with Crippen molar-refractivity contribution in [1.29, 1.82) is 0 Å². The van der Waals surface area contributed by atoms with Crippen molar-refractivity contribution in [3.63, 3.8) is 0 Å². The number of amides is 1. The van der Waals surface area contributed by atoms with Crippen molar-refractivity contribution in [3.05, 3.63) is 29.8 Å². The highest BCUT2D eigenvalue weighted by Gasteiger charge is 2.06. The molecule has 0 saturated heterocycles. The van der Waals surface area contributed by atoms with E-state index >= 15 is 0 Å². The summed E-state index contributed by atoms with van der Waals surface area (Å²) in [5, 5.41) is 5.72. The lowest BCUT2D eigenvalue weighted by atomic mass is 10.2. The van der Waals surface area contributed by atoms with Crippen LogP contribution < -0.4 is 10.6 Å². The zero-order valence-electron chi connectivity index (χ0n) is 10.6. The van der Waals surface area contributed by atoms with E-state index in [0.717, 1.165) is 18.7 Å². The summed E-state index contributed by atoms with van der Waals surface area (Å²) in [6.07, 6.45) is 1.05. The average Bonchev–Trinajstić information content (AvgIpc) is 2.29. The second-order valence-corrected chi connectivity index (χ2v) is 4.39. The Morgan fingerprint density at radius 3 is 2.61 bits per heavy atom. The first-order valence-corrected chi connectivity index (χ1v) is 5.97. The van der Waals surface area contributed by atoms with Crippen LogP contribution in [0.5, 0.6) is 0 Å². The lowest BCUT2D eigenvalue weighted by Gasteiger charge is -2.08. The van der Waals surface area contributed by atoms with Crippen molar-refractivity contribution in [1.82, 2.24) is 5.32 Å². The van der Waals surface area contributed by atoms with Gasteiger partial charge in [-0.05, 0) is 25.1 Å². The molecule has 0 aliphatic rings.